The van der Waals surface area contributed by atoms with E-state index in [9.17, 15) is 0 Å². The van der Waals surface area contributed by atoms with Crippen LogP contribution in [-0.4, -0.2) is 22.6 Å². The fourth-order valence-corrected chi connectivity index (χ4v) is 3.21. The van der Waals surface area contributed by atoms with Gasteiger partial charge in [0.15, 0.2) is 0 Å². The van der Waals surface area contributed by atoms with E-state index in [4.69, 9.17) is 5.73 Å². The maximum Gasteiger partial charge on any atom is 0.138 e. The highest BCUT2D eigenvalue weighted by atomic mass is 32.1. The van der Waals surface area contributed by atoms with Crippen LogP contribution < -0.4 is 11.1 Å². The second kappa shape index (κ2) is 4.58. The fraction of sp³-hybridized carbons (Fsp3) is 0.500. The van der Waals surface area contributed by atoms with E-state index in [1.165, 1.54) is 12.8 Å². The van der Waals surface area contributed by atoms with Crippen molar-refractivity contribution in [3.8, 4) is 0 Å². The quantitative estimate of drug-likeness (QED) is 0.874. The predicted octanol–water partition coefficient (Wildman–Crippen LogP) is 2.23. The SMILES string of the molecule is NC1CCCC1CNc1ncnc2sccc12. The first-order valence-corrected chi connectivity index (χ1v) is 6.90. The molecule has 2 aromatic heterocycles. The van der Waals surface area contributed by atoms with Crippen molar-refractivity contribution in [2.45, 2.75) is 25.3 Å². The summed E-state index contributed by atoms with van der Waals surface area (Å²) >= 11 is 1.64. The first kappa shape index (κ1) is 10.9. The largest absolute Gasteiger partial charge is 0.369 e. The molecule has 0 bridgehead atoms. The zero-order chi connectivity index (χ0) is 11.7. The maximum atomic E-state index is 6.07. The van der Waals surface area contributed by atoms with Crippen molar-refractivity contribution in [1.29, 1.82) is 0 Å². The van der Waals surface area contributed by atoms with E-state index >= 15 is 0 Å². The lowest BCUT2D eigenvalue weighted by Crippen LogP contribution is -2.29. The first-order valence-electron chi connectivity index (χ1n) is 6.02. The molecular formula is C12H16N4S. The van der Waals surface area contributed by atoms with E-state index in [0.29, 0.717) is 12.0 Å². The Hall–Kier alpha value is -1.20. The molecule has 0 saturated heterocycles. The zero-order valence-corrected chi connectivity index (χ0v) is 10.4. The molecule has 2 heterocycles. The summed E-state index contributed by atoms with van der Waals surface area (Å²) in [6.45, 7) is 0.920. The van der Waals surface area contributed by atoms with Crippen molar-refractivity contribution in [2.75, 3.05) is 11.9 Å². The summed E-state index contributed by atoms with van der Waals surface area (Å²) in [7, 11) is 0. The second-order valence-electron chi connectivity index (χ2n) is 4.60. The van der Waals surface area contributed by atoms with Gasteiger partial charge in [-0.3, -0.25) is 0 Å². The number of fused-ring (bicyclic) bond motifs is 1. The van der Waals surface area contributed by atoms with Gasteiger partial charge in [0.2, 0.25) is 0 Å². The summed E-state index contributed by atoms with van der Waals surface area (Å²) in [6.07, 6.45) is 5.26. The summed E-state index contributed by atoms with van der Waals surface area (Å²) in [6, 6.07) is 2.42. The van der Waals surface area contributed by atoms with Crippen molar-refractivity contribution in [2.24, 2.45) is 11.7 Å². The Balaban J connectivity index is 1.74. The van der Waals surface area contributed by atoms with Crippen LogP contribution in [0.25, 0.3) is 10.2 Å². The molecule has 3 N–H and O–H groups in total. The van der Waals surface area contributed by atoms with Gasteiger partial charge in [-0.15, -0.1) is 11.3 Å². The lowest BCUT2D eigenvalue weighted by molar-refractivity contribution is 0.505. The molecule has 0 aliphatic heterocycles. The number of aromatic nitrogens is 2. The molecule has 2 unspecified atom stereocenters. The van der Waals surface area contributed by atoms with E-state index < -0.39 is 0 Å². The average Bonchev–Trinajstić information content (AvgIpc) is 2.95. The minimum Gasteiger partial charge on any atom is -0.369 e. The van der Waals surface area contributed by atoms with Crippen molar-refractivity contribution in [3.63, 3.8) is 0 Å². The fourth-order valence-electron chi connectivity index (χ4n) is 2.48. The number of thiophene rings is 1. The topological polar surface area (TPSA) is 63.8 Å². The molecule has 0 spiro atoms. The van der Waals surface area contributed by atoms with E-state index in [1.807, 2.05) is 5.38 Å². The van der Waals surface area contributed by atoms with Crippen LogP contribution in [0.5, 0.6) is 0 Å². The first-order chi connectivity index (χ1) is 8.34. The van der Waals surface area contributed by atoms with Crippen LogP contribution in [-0.2, 0) is 0 Å². The molecule has 17 heavy (non-hydrogen) atoms. The van der Waals surface area contributed by atoms with Gasteiger partial charge in [0.25, 0.3) is 0 Å². The summed E-state index contributed by atoms with van der Waals surface area (Å²) in [5, 5.41) is 6.58. The minimum atomic E-state index is 0.349. The number of hydrogen-bond acceptors (Lipinski definition) is 5. The van der Waals surface area contributed by atoms with Crippen LogP contribution in [0.15, 0.2) is 17.8 Å². The highest BCUT2D eigenvalue weighted by molar-refractivity contribution is 7.16. The Morgan fingerprint density at radius 2 is 2.35 bits per heavy atom. The molecule has 1 saturated carbocycles. The van der Waals surface area contributed by atoms with Crippen LogP contribution in [0.4, 0.5) is 5.82 Å². The molecule has 1 aliphatic carbocycles. The summed E-state index contributed by atoms with van der Waals surface area (Å²) in [4.78, 5) is 9.59. The van der Waals surface area contributed by atoms with Crippen molar-refractivity contribution in [1.82, 2.24) is 9.97 Å². The Labute approximate surface area is 104 Å². The van der Waals surface area contributed by atoms with E-state index in [2.05, 4.69) is 21.4 Å². The molecule has 90 valence electrons. The molecule has 2 atom stereocenters. The number of anilines is 1. The molecule has 0 aromatic carbocycles. The van der Waals surface area contributed by atoms with Crippen LogP contribution in [0.2, 0.25) is 0 Å². The Kier molecular flexibility index (Phi) is 2.94. The number of nitrogens with two attached hydrogens (primary N) is 1. The molecule has 3 rings (SSSR count). The number of rotatable bonds is 3. The van der Waals surface area contributed by atoms with Crippen molar-refractivity contribution < 1.29 is 0 Å². The van der Waals surface area contributed by atoms with E-state index in [-0.39, 0.29) is 0 Å². The monoisotopic (exact) mass is 248 g/mol. The van der Waals surface area contributed by atoms with Crippen molar-refractivity contribution >= 4 is 27.4 Å². The van der Waals surface area contributed by atoms with Gasteiger partial charge in [-0.05, 0) is 30.2 Å². The lowest BCUT2D eigenvalue weighted by atomic mass is 10.0. The van der Waals surface area contributed by atoms with Gasteiger partial charge in [-0.2, -0.15) is 0 Å². The van der Waals surface area contributed by atoms with Gasteiger partial charge < -0.3 is 11.1 Å². The van der Waals surface area contributed by atoms with Crippen LogP contribution in [0, 0.1) is 5.92 Å². The molecule has 4 nitrogen and oxygen atoms in total. The van der Waals surface area contributed by atoms with Gasteiger partial charge in [0.1, 0.15) is 17.0 Å². The number of nitrogens with one attached hydrogen (secondary N) is 1. The predicted molar refractivity (Wildman–Crippen MR) is 71.2 cm³/mol. The van der Waals surface area contributed by atoms with Gasteiger partial charge in [0, 0.05) is 12.6 Å². The standard InChI is InChI=1S/C12H16N4S/c13-10-3-1-2-8(10)6-14-11-9-4-5-17-12(9)16-7-15-11/h4-5,7-8,10H,1-3,6,13H2,(H,14,15,16). The van der Waals surface area contributed by atoms with Gasteiger partial charge >= 0.3 is 0 Å². The van der Waals surface area contributed by atoms with Gasteiger partial charge in [-0.1, -0.05) is 6.42 Å². The van der Waals surface area contributed by atoms with Crippen LogP contribution in [0.1, 0.15) is 19.3 Å². The third-order valence-electron chi connectivity index (χ3n) is 3.51. The molecular weight excluding hydrogens is 232 g/mol. The van der Waals surface area contributed by atoms with Gasteiger partial charge in [0.05, 0.1) is 5.39 Å². The normalized spacial score (nSPS) is 24.3. The Morgan fingerprint density at radius 1 is 1.41 bits per heavy atom. The number of nitrogens with zero attached hydrogens (tertiary/aromatic N) is 2. The average molecular weight is 248 g/mol. The molecule has 1 aliphatic rings. The summed E-state index contributed by atoms with van der Waals surface area (Å²) in [5.74, 6) is 1.52. The molecule has 0 radical (unpaired) electrons. The molecule has 5 heteroatoms. The van der Waals surface area contributed by atoms with Gasteiger partial charge in [-0.25, -0.2) is 9.97 Å². The highest BCUT2D eigenvalue weighted by Gasteiger charge is 2.23. The second-order valence-corrected chi connectivity index (χ2v) is 5.49. The number of hydrogen-bond donors (Lipinski definition) is 2. The highest BCUT2D eigenvalue weighted by Crippen LogP contribution is 2.27. The Morgan fingerprint density at radius 3 is 3.18 bits per heavy atom. The smallest absolute Gasteiger partial charge is 0.138 e. The molecule has 1 fully saturated rings. The Bertz CT molecular complexity index is 510. The van der Waals surface area contributed by atoms with Crippen LogP contribution >= 0.6 is 11.3 Å². The third-order valence-corrected chi connectivity index (χ3v) is 4.33. The van der Waals surface area contributed by atoms with E-state index in [1.54, 1.807) is 17.7 Å². The summed E-state index contributed by atoms with van der Waals surface area (Å²) < 4.78 is 0. The third kappa shape index (κ3) is 2.12. The van der Waals surface area contributed by atoms with Crippen LogP contribution in [0.3, 0.4) is 0 Å². The van der Waals surface area contributed by atoms with Crippen molar-refractivity contribution in [3.05, 3.63) is 17.8 Å². The lowest BCUT2D eigenvalue weighted by Gasteiger charge is -2.16. The zero-order valence-electron chi connectivity index (χ0n) is 9.60. The molecule has 2 aromatic rings. The van der Waals surface area contributed by atoms with E-state index in [0.717, 1.165) is 29.0 Å². The molecule has 0 amide bonds. The summed E-state index contributed by atoms with van der Waals surface area (Å²) in [5.41, 5.74) is 6.07. The maximum absolute atomic E-state index is 6.07. The minimum absolute atomic E-state index is 0.349.